The van der Waals surface area contributed by atoms with E-state index < -0.39 is 12.2 Å². The van der Waals surface area contributed by atoms with E-state index in [2.05, 4.69) is 14.7 Å². The number of anilines is 1. The minimum atomic E-state index is -4.79. The van der Waals surface area contributed by atoms with Gasteiger partial charge >= 0.3 is 6.36 Å². The summed E-state index contributed by atoms with van der Waals surface area (Å²) in [7, 11) is 1.61. The first kappa shape index (κ1) is 16.9. The van der Waals surface area contributed by atoms with Crippen molar-refractivity contribution in [1.29, 1.82) is 0 Å². The zero-order valence-corrected chi connectivity index (χ0v) is 13.1. The maximum atomic E-state index is 14.2. The fraction of sp³-hybridized carbons (Fsp3) is 0.176. The average Bonchev–Trinajstić information content (AvgIpc) is 2.55. The van der Waals surface area contributed by atoms with Gasteiger partial charge in [-0.15, -0.1) is 13.2 Å². The van der Waals surface area contributed by atoms with Crippen molar-refractivity contribution in [3.05, 3.63) is 60.2 Å². The van der Waals surface area contributed by atoms with Crippen molar-refractivity contribution in [1.82, 2.24) is 9.97 Å². The van der Waals surface area contributed by atoms with Gasteiger partial charge in [-0.05, 0) is 18.2 Å². The second-order valence-corrected chi connectivity index (χ2v) is 5.34. The summed E-state index contributed by atoms with van der Waals surface area (Å²) < 4.78 is 55.8. The second-order valence-electron chi connectivity index (χ2n) is 5.34. The Hall–Kier alpha value is -2.90. The highest BCUT2D eigenvalue weighted by molar-refractivity contribution is 5.89. The minimum absolute atomic E-state index is 0.0483. The van der Waals surface area contributed by atoms with Crippen LogP contribution in [0.15, 0.2) is 48.8 Å². The van der Waals surface area contributed by atoms with Crippen molar-refractivity contribution >= 4 is 16.7 Å². The third kappa shape index (κ3) is 3.78. The van der Waals surface area contributed by atoms with Crippen LogP contribution in [-0.2, 0) is 6.54 Å². The molecule has 130 valence electrons. The van der Waals surface area contributed by atoms with Gasteiger partial charge in [-0.2, -0.15) is 0 Å². The third-order valence-electron chi connectivity index (χ3n) is 3.56. The molecule has 2 aromatic carbocycles. The molecule has 3 aromatic rings. The largest absolute Gasteiger partial charge is 0.573 e. The molecule has 1 aromatic heterocycles. The second kappa shape index (κ2) is 6.54. The monoisotopic (exact) mass is 351 g/mol. The summed E-state index contributed by atoms with van der Waals surface area (Å²) in [5, 5.41) is 0.210. The molecule has 1 heterocycles. The lowest BCUT2D eigenvalue weighted by atomic mass is 10.1. The lowest BCUT2D eigenvalue weighted by molar-refractivity contribution is -0.274. The van der Waals surface area contributed by atoms with Crippen molar-refractivity contribution in [2.75, 3.05) is 11.9 Å². The molecule has 0 aliphatic carbocycles. The zero-order valence-electron chi connectivity index (χ0n) is 13.1. The smallest absolute Gasteiger partial charge is 0.405 e. The van der Waals surface area contributed by atoms with E-state index in [1.807, 2.05) is 0 Å². The third-order valence-corrected chi connectivity index (χ3v) is 3.56. The molecule has 0 fully saturated rings. The number of aromatic nitrogens is 2. The highest BCUT2D eigenvalue weighted by Crippen LogP contribution is 2.30. The maximum Gasteiger partial charge on any atom is 0.573 e. The molecule has 0 saturated carbocycles. The Morgan fingerprint density at radius 3 is 2.56 bits per heavy atom. The Kier molecular flexibility index (Phi) is 4.43. The van der Waals surface area contributed by atoms with Crippen LogP contribution in [0.25, 0.3) is 10.9 Å². The van der Waals surface area contributed by atoms with Gasteiger partial charge in [0.1, 0.15) is 23.7 Å². The van der Waals surface area contributed by atoms with E-state index in [1.54, 1.807) is 24.1 Å². The first-order chi connectivity index (χ1) is 11.8. The molecule has 0 atom stereocenters. The lowest BCUT2D eigenvalue weighted by Crippen LogP contribution is -2.22. The molecule has 4 nitrogen and oxygen atoms in total. The van der Waals surface area contributed by atoms with Gasteiger partial charge in [0.2, 0.25) is 0 Å². The van der Waals surface area contributed by atoms with Gasteiger partial charge in [0.15, 0.2) is 0 Å². The van der Waals surface area contributed by atoms with E-state index >= 15 is 0 Å². The Labute approximate surface area is 140 Å². The van der Waals surface area contributed by atoms with Crippen LogP contribution in [0.4, 0.5) is 23.4 Å². The van der Waals surface area contributed by atoms with Crippen molar-refractivity contribution in [2.24, 2.45) is 0 Å². The lowest BCUT2D eigenvalue weighted by Gasteiger charge is -2.21. The number of ether oxygens (including phenoxy) is 1. The number of rotatable bonds is 4. The number of benzene rings is 2. The SMILES string of the molecule is CN(Cc1ccccc1OC(F)(F)F)c1ncnc2cccc(F)c12. The Balaban J connectivity index is 1.95. The molecule has 0 N–H and O–H groups in total. The van der Waals surface area contributed by atoms with Gasteiger partial charge in [-0.3, -0.25) is 0 Å². The zero-order chi connectivity index (χ0) is 18.0. The molecular weight excluding hydrogens is 338 g/mol. The van der Waals surface area contributed by atoms with E-state index in [0.717, 1.165) is 0 Å². The number of hydrogen-bond donors (Lipinski definition) is 0. The number of hydrogen-bond acceptors (Lipinski definition) is 4. The van der Waals surface area contributed by atoms with E-state index in [1.165, 1.54) is 36.7 Å². The summed E-state index contributed by atoms with van der Waals surface area (Å²) >= 11 is 0. The number of para-hydroxylation sites is 1. The van der Waals surface area contributed by atoms with Gasteiger partial charge in [0, 0.05) is 19.2 Å². The molecule has 0 aliphatic heterocycles. The van der Waals surface area contributed by atoms with Crippen LogP contribution in [0, 0.1) is 5.82 Å². The fourth-order valence-electron chi connectivity index (χ4n) is 2.53. The number of alkyl halides is 3. The van der Waals surface area contributed by atoms with Gasteiger partial charge in [-0.25, -0.2) is 14.4 Å². The normalized spacial score (nSPS) is 11.6. The van der Waals surface area contributed by atoms with Crippen LogP contribution in [0.5, 0.6) is 5.75 Å². The molecule has 0 spiro atoms. The van der Waals surface area contributed by atoms with Crippen LogP contribution in [0.2, 0.25) is 0 Å². The minimum Gasteiger partial charge on any atom is -0.405 e. The quantitative estimate of drug-likeness (QED) is 0.657. The van der Waals surface area contributed by atoms with Crippen LogP contribution >= 0.6 is 0 Å². The van der Waals surface area contributed by atoms with Gasteiger partial charge in [0.05, 0.1) is 10.9 Å². The van der Waals surface area contributed by atoms with Gasteiger partial charge < -0.3 is 9.64 Å². The Morgan fingerprint density at radius 2 is 1.80 bits per heavy atom. The van der Waals surface area contributed by atoms with Crippen LogP contribution in [0.3, 0.4) is 0 Å². The van der Waals surface area contributed by atoms with Crippen molar-refractivity contribution in [2.45, 2.75) is 12.9 Å². The van der Waals surface area contributed by atoms with Crippen LogP contribution < -0.4 is 9.64 Å². The molecule has 0 bridgehead atoms. The maximum absolute atomic E-state index is 14.2. The first-order valence-electron chi connectivity index (χ1n) is 7.29. The summed E-state index contributed by atoms with van der Waals surface area (Å²) in [5.74, 6) is -0.523. The summed E-state index contributed by atoms with van der Waals surface area (Å²) in [5.41, 5.74) is 0.710. The van der Waals surface area contributed by atoms with Gasteiger partial charge in [0.25, 0.3) is 0 Å². The molecule has 3 rings (SSSR count). The van der Waals surface area contributed by atoms with E-state index in [4.69, 9.17) is 0 Å². The molecule has 0 unspecified atom stereocenters. The van der Waals surface area contributed by atoms with E-state index in [9.17, 15) is 17.6 Å². The first-order valence-corrected chi connectivity index (χ1v) is 7.29. The molecule has 8 heteroatoms. The molecule has 0 radical (unpaired) electrons. The summed E-state index contributed by atoms with van der Waals surface area (Å²) in [6.07, 6.45) is -3.51. The summed E-state index contributed by atoms with van der Waals surface area (Å²) in [6, 6.07) is 10.2. The molecular formula is C17H13F4N3O. The summed E-state index contributed by atoms with van der Waals surface area (Å²) in [6.45, 7) is 0.0483. The standard InChI is InChI=1S/C17H13F4N3O/c1-24(9-11-5-2-3-8-14(11)25-17(19,20)21)16-15-12(18)6-4-7-13(15)22-10-23-16/h2-8,10H,9H2,1H3. The molecule has 25 heavy (non-hydrogen) atoms. The average molecular weight is 351 g/mol. The molecule has 0 amide bonds. The van der Waals surface area contributed by atoms with Gasteiger partial charge in [-0.1, -0.05) is 24.3 Å². The number of halogens is 4. The van der Waals surface area contributed by atoms with E-state index in [0.29, 0.717) is 11.1 Å². The highest BCUT2D eigenvalue weighted by atomic mass is 19.4. The van der Waals surface area contributed by atoms with Crippen molar-refractivity contribution < 1.29 is 22.3 Å². The topological polar surface area (TPSA) is 38.2 Å². The van der Waals surface area contributed by atoms with Crippen molar-refractivity contribution in [3.63, 3.8) is 0 Å². The Morgan fingerprint density at radius 1 is 1.04 bits per heavy atom. The highest BCUT2D eigenvalue weighted by Gasteiger charge is 2.32. The molecule has 0 aliphatic rings. The predicted octanol–water partition coefficient (Wildman–Crippen LogP) is 4.30. The number of fused-ring (bicyclic) bond motifs is 1. The van der Waals surface area contributed by atoms with Crippen molar-refractivity contribution in [3.8, 4) is 5.75 Å². The summed E-state index contributed by atoms with van der Waals surface area (Å²) in [4.78, 5) is 9.63. The van der Waals surface area contributed by atoms with E-state index in [-0.39, 0.29) is 23.5 Å². The Bertz CT molecular complexity index is 893. The number of nitrogens with zero attached hydrogens (tertiary/aromatic N) is 3. The predicted molar refractivity (Wildman–Crippen MR) is 84.7 cm³/mol. The van der Waals surface area contributed by atoms with Crippen LogP contribution in [-0.4, -0.2) is 23.4 Å². The molecule has 0 saturated heterocycles. The van der Waals surface area contributed by atoms with Crippen LogP contribution in [0.1, 0.15) is 5.56 Å². The fourth-order valence-corrected chi connectivity index (χ4v) is 2.53.